The highest BCUT2D eigenvalue weighted by Gasteiger charge is 2.16. The van der Waals surface area contributed by atoms with Crippen molar-refractivity contribution < 1.29 is 4.39 Å². The van der Waals surface area contributed by atoms with Gasteiger partial charge >= 0.3 is 0 Å². The summed E-state index contributed by atoms with van der Waals surface area (Å²) in [4.78, 5) is 0. The minimum Gasteiger partial charge on any atom is -0.303 e. The smallest absolute Gasteiger partial charge is 0.127 e. The molecule has 20 heavy (non-hydrogen) atoms. The third kappa shape index (κ3) is 3.68. The van der Waals surface area contributed by atoms with E-state index in [1.54, 1.807) is 6.07 Å². The van der Waals surface area contributed by atoms with Crippen molar-refractivity contribution >= 4 is 15.9 Å². The normalized spacial score (nSPS) is 14.0. The summed E-state index contributed by atoms with van der Waals surface area (Å²) in [7, 11) is 0. The summed E-state index contributed by atoms with van der Waals surface area (Å²) in [6, 6.07) is 15.4. The predicted molar refractivity (Wildman–Crippen MR) is 85.1 cm³/mol. The Morgan fingerprint density at radius 3 is 2.55 bits per heavy atom. The van der Waals surface area contributed by atoms with E-state index in [1.807, 2.05) is 31.2 Å². The Labute approximate surface area is 128 Å². The van der Waals surface area contributed by atoms with Crippen LogP contribution in [0, 0.1) is 5.82 Å². The molecule has 2 rings (SSSR count). The number of hydrogen-bond donors (Lipinski definition) is 1. The molecule has 0 aliphatic heterocycles. The average Bonchev–Trinajstić information content (AvgIpc) is 2.45. The number of nitrogens with one attached hydrogen (secondary N) is 1. The minimum absolute atomic E-state index is 0.0277. The molecule has 1 unspecified atom stereocenters. The van der Waals surface area contributed by atoms with Gasteiger partial charge in [0.1, 0.15) is 5.82 Å². The Bertz CT molecular complexity index is 570. The summed E-state index contributed by atoms with van der Waals surface area (Å²) in [5.74, 6) is -0.156. The van der Waals surface area contributed by atoms with E-state index in [2.05, 4.69) is 40.3 Å². The zero-order valence-corrected chi connectivity index (χ0v) is 13.3. The molecule has 0 radical (unpaired) electrons. The molecule has 0 saturated heterocycles. The van der Waals surface area contributed by atoms with Crippen LogP contribution in [-0.4, -0.2) is 0 Å². The fraction of sp³-hybridized carbons (Fsp3) is 0.294. The summed E-state index contributed by atoms with van der Waals surface area (Å²) < 4.78 is 14.9. The summed E-state index contributed by atoms with van der Waals surface area (Å²) in [5, 5.41) is 3.51. The molecular formula is C17H19BrFN. The molecule has 0 bridgehead atoms. The Hall–Kier alpha value is -1.19. The van der Waals surface area contributed by atoms with E-state index in [0.29, 0.717) is 5.56 Å². The van der Waals surface area contributed by atoms with E-state index in [1.165, 1.54) is 11.6 Å². The molecule has 0 amide bonds. The summed E-state index contributed by atoms with van der Waals surface area (Å²) in [6.07, 6.45) is 0.954. The number of hydrogen-bond acceptors (Lipinski definition) is 1. The quantitative estimate of drug-likeness (QED) is 0.772. The summed E-state index contributed by atoms with van der Waals surface area (Å²) in [6.45, 7) is 4.13. The van der Waals surface area contributed by atoms with Crippen molar-refractivity contribution in [1.82, 2.24) is 5.32 Å². The lowest BCUT2D eigenvalue weighted by Gasteiger charge is -2.23. The molecule has 2 aromatic rings. The van der Waals surface area contributed by atoms with Gasteiger partial charge in [0.15, 0.2) is 0 Å². The van der Waals surface area contributed by atoms with E-state index >= 15 is 0 Å². The molecule has 3 heteroatoms. The molecule has 0 aliphatic carbocycles. The van der Waals surface area contributed by atoms with Crippen molar-refractivity contribution in [2.45, 2.75) is 32.4 Å². The van der Waals surface area contributed by atoms with E-state index in [0.717, 1.165) is 10.9 Å². The first kappa shape index (κ1) is 15.2. The summed E-state index contributed by atoms with van der Waals surface area (Å²) >= 11 is 3.49. The van der Waals surface area contributed by atoms with Crippen LogP contribution in [0.5, 0.6) is 0 Å². The van der Waals surface area contributed by atoms with E-state index in [4.69, 9.17) is 0 Å². The van der Waals surface area contributed by atoms with Gasteiger partial charge < -0.3 is 5.32 Å². The monoisotopic (exact) mass is 335 g/mol. The largest absolute Gasteiger partial charge is 0.303 e. The van der Waals surface area contributed by atoms with Crippen LogP contribution in [0.15, 0.2) is 53.0 Å². The van der Waals surface area contributed by atoms with Gasteiger partial charge in [-0.15, -0.1) is 0 Å². The van der Waals surface area contributed by atoms with E-state index in [-0.39, 0.29) is 17.9 Å². The van der Waals surface area contributed by atoms with Crippen molar-refractivity contribution in [1.29, 1.82) is 0 Å². The second-order valence-electron chi connectivity index (χ2n) is 4.93. The Morgan fingerprint density at radius 2 is 1.90 bits per heavy atom. The van der Waals surface area contributed by atoms with Crippen LogP contribution in [-0.2, 0) is 0 Å². The average molecular weight is 336 g/mol. The minimum atomic E-state index is -0.156. The van der Waals surface area contributed by atoms with Crippen molar-refractivity contribution in [3.63, 3.8) is 0 Å². The molecular weight excluding hydrogens is 317 g/mol. The third-order valence-corrected chi connectivity index (χ3v) is 3.98. The van der Waals surface area contributed by atoms with Crippen LogP contribution in [0.3, 0.4) is 0 Å². The second kappa shape index (κ2) is 7.00. The first-order chi connectivity index (χ1) is 9.61. The second-order valence-corrected chi connectivity index (χ2v) is 5.84. The first-order valence-corrected chi connectivity index (χ1v) is 7.67. The van der Waals surface area contributed by atoms with Crippen LogP contribution in [0.1, 0.15) is 43.5 Å². The first-order valence-electron chi connectivity index (χ1n) is 6.87. The van der Waals surface area contributed by atoms with Crippen molar-refractivity contribution in [2.24, 2.45) is 0 Å². The molecule has 0 aliphatic rings. The van der Waals surface area contributed by atoms with Gasteiger partial charge in [-0.05, 0) is 37.1 Å². The predicted octanol–water partition coefficient (Wildman–Crippen LogP) is 5.39. The number of rotatable bonds is 5. The SMILES string of the molecule is CCC(N[C@H](C)c1ccccc1F)c1cccc(Br)c1. The van der Waals surface area contributed by atoms with Gasteiger partial charge in [0.2, 0.25) is 0 Å². The molecule has 2 aromatic carbocycles. The Kier molecular flexibility index (Phi) is 5.32. The lowest BCUT2D eigenvalue weighted by atomic mass is 10.0. The third-order valence-electron chi connectivity index (χ3n) is 3.48. The highest BCUT2D eigenvalue weighted by Crippen LogP contribution is 2.25. The maximum atomic E-state index is 13.8. The topological polar surface area (TPSA) is 12.0 Å². The fourth-order valence-corrected chi connectivity index (χ4v) is 2.81. The zero-order chi connectivity index (χ0) is 14.5. The van der Waals surface area contributed by atoms with Crippen LogP contribution in [0.2, 0.25) is 0 Å². The van der Waals surface area contributed by atoms with Gasteiger partial charge in [0.05, 0.1) is 0 Å². The molecule has 2 atom stereocenters. The van der Waals surface area contributed by atoms with E-state index in [9.17, 15) is 4.39 Å². The molecule has 0 heterocycles. The number of halogens is 2. The molecule has 1 nitrogen and oxygen atoms in total. The lowest BCUT2D eigenvalue weighted by molar-refractivity contribution is 0.442. The zero-order valence-electron chi connectivity index (χ0n) is 11.7. The summed E-state index contributed by atoms with van der Waals surface area (Å²) in [5.41, 5.74) is 1.92. The lowest BCUT2D eigenvalue weighted by Crippen LogP contribution is -2.24. The van der Waals surface area contributed by atoms with Crippen molar-refractivity contribution in [2.75, 3.05) is 0 Å². The van der Waals surface area contributed by atoms with Gasteiger partial charge in [-0.2, -0.15) is 0 Å². The highest BCUT2D eigenvalue weighted by molar-refractivity contribution is 9.10. The van der Waals surface area contributed by atoms with Crippen LogP contribution < -0.4 is 5.32 Å². The van der Waals surface area contributed by atoms with Crippen molar-refractivity contribution in [3.8, 4) is 0 Å². The highest BCUT2D eigenvalue weighted by atomic mass is 79.9. The maximum absolute atomic E-state index is 13.8. The van der Waals surface area contributed by atoms with Gasteiger partial charge in [-0.3, -0.25) is 0 Å². The van der Waals surface area contributed by atoms with E-state index < -0.39 is 0 Å². The molecule has 1 N–H and O–H groups in total. The number of benzene rings is 2. The molecule has 0 saturated carbocycles. The Morgan fingerprint density at radius 1 is 1.15 bits per heavy atom. The molecule has 0 fully saturated rings. The Balaban J connectivity index is 2.16. The van der Waals surface area contributed by atoms with Crippen LogP contribution in [0.4, 0.5) is 4.39 Å². The molecule has 0 spiro atoms. The standard InChI is InChI=1S/C17H19BrFN/c1-3-17(13-7-6-8-14(18)11-13)20-12(2)15-9-4-5-10-16(15)19/h4-12,17,20H,3H2,1-2H3/t12-,17?/m1/s1. The molecule has 0 aromatic heterocycles. The van der Waals surface area contributed by atoms with Gasteiger partial charge in [-0.25, -0.2) is 4.39 Å². The van der Waals surface area contributed by atoms with Gasteiger partial charge in [0.25, 0.3) is 0 Å². The fourth-order valence-electron chi connectivity index (χ4n) is 2.39. The van der Waals surface area contributed by atoms with Gasteiger partial charge in [0, 0.05) is 22.1 Å². The van der Waals surface area contributed by atoms with Crippen LogP contribution >= 0.6 is 15.9 Å². The molecule has 106 valence electrons. The van der Waals surface area contributed by atoms with Crippen LogP contribution in [0.25, 0.3) is 0 Å². The van der Waals surface area contributed by atoms with Gasteiger partial charge in [-0.1, -0.05) is 53.2 Å². The maximum Gasteiger partial charge on any atom is 0.127 e. The van der Waals surface area contributed by atoms with Crippen molar-refractivity contribution in [3.05, 3.63) is 69.9 Å².